The third kappa shape index (κ3) is 3.42. The van der Waals surface area contributed by atoms with Gasteiger partial charge in [-0.3, -0.25) is 4.79 Å². The number of halogens is 3. The minimum absolute atomic E-state index is 0.0684. The number of alkyl halides is 3. The fourth-order valence-electron chi connectivity index (χ4n) is 3.61. The van der Waals surface area contributed by atoms with Gasteiger partial charge in [0, 0.05) is 24.2 Å². The summed E-state index contributed by atoms with van der Waals surface area (Å²) in [5.74, 6) is 0.207. The number of rotatable bonds is 5. The summed E-state index contributed by atoms with van der Waals surface area (Å²) in [5.41, 5.74) is 1.36. The molecule has 0 aliphatic rings. The molecule has 0 saturated carbocycles. The molecule has 0 bridgehead atoms. The molecule has 3 heterocycles. The number of methoxy groups -OCH3 is 1. The molecule has 4 aromatic rings. The second kappa shape index (κ2) is 7.51. The van der Waals surface area contributed by atoms with Crippen LogP contribution in [0.15, 0.2) is 53.3 Å². The summed E-state index contributed by atoms with van der Waals surface area (Å²) in [6, 6.07) is 13.1. The van der Waals surface area contributed by atoms with Gasteiger partial charge in [0.25, 0.3) is 5.56 Å². The SMILES string of the molecule is CCCCn1c(=O)ccc2cc(-c3ccc(OC)n4nc(C(F)(F)F)cc34)ccc21. The smallest absolute Gasteiger partial charge is 0.435 e. The fourth-order valence-corrected chi connectivity index (χ4v) is 3.61. The second-order valence-corrected chi connectivity index (χ2v) is 7.06. The second-order valence-electron chi connectivity index (χ2n) is 7.06. The zero-order chi connectivity index (χ0) is 21.5. The van der Waals surface area contributed by atoms with Crippen LogP contribution in [0.25, 0.3) is 27.5 Å². The van der Waals surface area contributed by atoms with Crippen LogP contribution in [-0.4, -0.2) is 21.3 Å². The van der Waals surface area contributed by atoms with Crippen molar-refractivity contribution in [3.63, 3.8) is 0 Å². The molecule has 4 rings (SSSR count). The van der Waals surface area contributed by atoms with Gasteiger partial charge in [-0.1, -0.05) is 19.4 Å². The van der Waals surface area contributed by atoms with Gasteiger partial charge in [0.1, 0.15) is 0 Å². The summed E-state index contributed by atoms with van der Waals surface area (Å²) in [4.78, 5) is 12.3. The summed E-state index contributed by atoms with van der Waals surface area (Å²) in [5, 5.41) is 4.52. The molecular weight excluding hydrogens is 395 g/mol. The molecule has 5 nitrogen and oxygen atoms in total. The molecule has 156 valence electrons. The Bertz CT molecular complexity index is 1290. The van der Waals surface area contributed by atoms with Crippen LogP contribution in [-0.2, 0) is 12.7 Å². The number of fused-ring (bicyclic) bond motifs is 2. The van der Waals surface area contributed by atoms with E-state index in [2.05, 4.69) is 12.0 Å². The van der Waals surface area contributed by atoms with Gasteiger partial charge >= 0.3 is 6.18 Å². The molecule has 0 saturated heterocycles. The number of aryl methyl sites for hydroxylation is 1. The Labute approximate surface area is 170 Å². The third-order valence-corrected chi connectivity index (χ3v) is 5.12. The van der Waals surface area contributed by atoms with E-state index in [9.17, 15) is 18.0 Å². The Kier molecular flexibility index (Phi) is 5.01. The quantitative estimate of drug-likeness (QED) is 0.453. The average molecular weight is 415 g/mol. The van der Waals surface area contributed by atoms with E-state index in [0.29, 0.717) is 17.6 Å². The monoisotopic (exact) mass is 415 g/mol. The van der Waals surface area contributed by atoms with Crippen LogP contribution in [0.2, 0.25) is 0 Å². The summed E-state index contributed by atoms with van der Waals surface area (Å²) in [6.45, 7) is 2.68. The lowest BCUT2D eigenvalue weighted by Gasteiger charge is -2.12. The number of hydrogen-bond donors (Lipinski definition) is 0. The molecule has 3 aromatic heterocycles. The first-order chi connectivity index (χ1) is 14.3. The number of aromatic nitrogens is 3. The van der Waals surface area contributed by atoms with Gasteiger partial charge in [0.05, 0.1) is 18.1 Å². The first-order valence-electron chi connectivity index (χ1n) is 9.61. The molecule has 1 aromatic carbocycles. The van der Waals surface area contributed by atoms with Crippen molar-refractivity contribution in [2.24, 2.45) is 0 Å². The van der Waals surface area contributed by atoms with Crippen LogP contribution >= 0.6 is 0 Å². The minimum Gasteiger partial charge on any atom is -0.481 e. The molecule has 8 heteroatoms. The van der Waals surface area contributed by atoms with Crippen LogP contribution in [0.1, 0.15) is 25.5 Å². The van der Waals surface area contributed by atoms with Crippen molar-refractivity contribution in [3.8, 4) is 17.0 Å². The normalized spacial score (nSPS) is 12.0. The van der Waals surface area contributed by atoms with Gasteiger partial charge in [-0.05, 0) is 47.7 Å². The largest absolute Gasteiger partial charge is 0.481 e. The molecule has 0 fully saturated rings. The fraction of sp³-hybridized carbons (Fsp3) is 0.273. The summed E-state index contributed by atoms with van der Waals surface area (Å²) >= 11 is 0. The Morgan fingerprint density at radius 1 is 1.03 bits per heavy atom. The van der Waals surface area contributed by atoms with Crippen molar-refractivity contribution < 1.29 is 17.9 Å². The highest BCUT2D eigenvalue weighted by molar-refractivity contribution is 5.89. The molecule has 30 heavy (non-hydrogen) atoms. The standard InChI is InChI=1S/C22H20F3N3O2/c1-3-4-11-27-17-8-5-14(12-15(17)6-9-20(27)29)16-7-10-21(30-2)28-18(16)13-19(26-28)22(23,24)25/h5-10,12-13H,3-4,11H2,1-2H3. The van der Waals surface area contributed by atoms with E-state index in [-0.39, 0.29) is 11.4 Å². The topological polar surface area (TPSA) is 48.5 Å². The van der Waals surface area contributed by atoms with Crippen molar-refractivity contribution in [3.05, 3.63) is 64.6 Å². The number of pyridine rings is 2. The highest BCUT2D eigenvalue weighted by Crippen LogP contribution is 2.35. The van der Waals surface area contributed by atoms with E-state index < -0.39 is 11.9 Å². The zero-order valence-corrected chi connectivity index (χ0v) is 16.5. The van der Waals surface area contributed by atoms with Gasteiger partial charge in [-0.25, -0.2) is 0 Å². The maximum Gasteiger partial charge on any atom is 0.435 e. The predicted octanol–water partition coefficient (Wildman–Crippen LogP) is 5.14. The van der Waals surface area contributed by atoms with Crippen molar-refractivity contribution in [1.82, 2.24) is 14.2 Å². The Hall–Kier alpha value is -3.29. The van der Waals surface area contributed by atoms with Crippen molar-refractivity contribution in [2.75, 3.05) is 7.11 Å². The van der Waals surface area contributed by atoms with Crippen LogP contribution < -0.4 is 10.3 Å². The molecule has 0 aliphatic heterocycles. The zero-order valence-electron chi connectivity index (χ0n) is 16.5. The number of ether oxygens (including phenoxy) is 1. The summed E-state index contributed by atoms with van der Waals surface area (Å²) in [6.07, 6.45) is -2.71. The maximum absolute atomic E-state index is 13.2. The molecule has 0 aliphatic carbocycles. The average Bonchev–Trinajstić information content (AvgIpc) is 3.18. The van der Waals surface area contributed by atoms with Crippen LogP contribution in [0.3, 0.4) is 0 Å². The Morgan fingerprint density at radius 3 is 2.53 bits per heavy atom. The van der Waals surface area contributed by atoms with E-state index in [4.69, 9.17) is 4.74 Å². The van der Waals surface area contributed by atoms with Gasteiger partial charge < -0.3 is 9.30 Å². The number of nitrogens with zero attached hydrogens (tertiary/aromatic N) is 3. The van der Waals surface area contributed by atoms with Crippen molar-refractivity contribution >= 4 is 16.4 Å². The predicted molar refractivity (Wildman–Crippen MR) is 109 cm³/mol. The van der Waals surface area contributed by atoms with E-state index in [1.807, 2.05) is 18.2 Å². The van der Waals surface area contributed by atoms with Crippen molar-refractivity contribution in [2.45, 2.75) is 32.5 Å². The Morgan fingerprint density at radius 2 is 1.83 bits per heavy atom. The molecule has 0 radical (unpaired) electrons. The van der Waals surface area contributed by atoms with Gasteiger partial charge in [-0.15, -0.1) is 0 Å². The summed E-state index contributed by atoms with van der Waals surface area (Å²) in [7, 11) is 1.38. The lowest BCUT2D eigenvalue weighted by molar-refractivity contribution is -0.141. The van der Waals surface area contributed by atoms with E-state index in [1.54, 1.807) is 22.8 Å². The van der Waals surface area contributed by atoms with Gasteiger partial charge in [0.2, 0.25) is 5.88 Å². The lowest BCUT2D eigenvalue weighted by Crippen LogP contribution is -2.19. The van der Waals surface area contributed by atoms with Crippen LogP contribution in [0, 0.1) is 0 Å². The highest BCUT2D eigenvalue weighted by Gasteiger charge is 2.34. The van der Waals surface area contributed by atoms with Crippen LogP contribution in [0.5, 0.6) is 5.88 Å². The van der Waals surface area contributed by atoms with Gasteiger partial charge in [-0.2, -0.15) is 22.8 Å². The number of benzene rings is 1. The molecular formula is C22H20F3N3O2. The van der Waals surface area contributed by atoms with E-state index in [1.165, 1.54) is 13.2 Å². The van der Waals surface area contributed by atoms with Crippen LogP contribution in [0.4, 0.5) is 13.2 Å². The third-order valence-electron chi connectivity index (χ3n) is 5.12. The van der Waals surface area contributed by atoms with E-state index in [0.717, 1.165) is 39.9 Å². The molecule has 0 amide bonds. The summed E-state index contributed by atoms with van der Waals surface area (Å²) < 4.78 is 47.8. The lowest BCUT2D eigenvalue weighted by atomic mass is 10.0. The first-order valence-corrected chi connectivity index (χ1v) is 9.61. The number of unbranched alkanes of at least 4 members (excludes halogenated alkanes) is 1. The highest BCUT2D eigenvalue weighted by atomic mass is 19.4. The van der Waals surface area contributed by atoms with Gasteiger partial charge in [0.15, 0.2) is 5.69 Å². The first kappa shape index (κ1) is 20.0. The maximum atomic E-state index is 13.2. The number of hydrogen-bond acceptors (Lipinski definition) is 3. The molecule has 0 atom stereocenters. The minimum atomic E-state index is -4.56. The van der Waals surface area contributed by atoms with E-state index >= 15 is 0 Å². The Balaban J connectivity index is 1.91. The molecule has 0 unspecified atom stereocenters. The van der Waals surface area contributed by atoms with Crippen molar-refractivity contribution in [1.29, 1.82) is 0 Å². The molecule has 0 N–H and O–H groups in total. The molecule has 0 spiro atoms.